The predicted octanol–water partition coefficient (Wildman–Crippen LogP) is -0.275. The van der Waals surface area contributed by atoms with Crippen molar-refractivity contribution in [2.75, 3.05) is 18.8 Å². The highest BCUT2D eigenvalue weighted by Crippen LogP contribution is 1.76. The predicted molar refractivity (Wildman–Crippen MR) is 54.7 cm³/mol. The molecule has 0 aliphatic carbocycles. The molecule has 0 radical (unpaired) electrons. The Kier molecular flexibility index (Phi) is 7.10. The van der Waals surface area contributed by atoms with Crippen LogP contribution in [0.2, 0.25) is 0 Å². The highest BCUT2D eigenvalue weighted by Gasteiger charge is 1.95. The SMILES string of the molecule is CCNC(=O)/C=C/C(=O)NCCS. The number of amides is 2. The highest BCUT2D eigenvalue weighted by atomic mass is 32.1. The second-order valence-electron chi connectivity index (χ2n) is 2.24. The Balaban J connectivity index is 3.69. The number of carbonyl (C=O) groups is 2. The molecule has 0 unspecified atom stereocenters. The van der Waals surface area contributed by atoms with Crippen LogP contribution in [-0.4, -0.2) is 30.7 Å². The van der Waals surface area contributed by atoms with E-state index in [1.807, 2.05) is 6.92 Å². The van der Waals surface area contributed by atoms with Crippen LogP contribution in [0.25, 0.3) is 0 Å². The summed E-state index contributed by atoms with van der Waals surface area (Å²) in [6, 6.07) is 0. The first-order valence-electron chi connectivity index (χ1n) is 4.05. The summed E-state index contributed by atoms with van der Waals surface area (Å²) in [7, 11) is 0. The van der Waals surface area contributed by atoms with Crippen LogP contribution < -0.4 is 10.6 Å². The summed E-state index contributed by atoms with van der Waals surface area (Å²) < 4.78 is 0. The minimum Gasteiger partial charge on any atom is -0.353 e. The molecule has 74 valence electrons. The molecule has 0 heterocycles. The van der Waals surface area contributed by atoms with Gasteiger partial charge in [-0.15, -0.1) is 0 Å². The van der Waals surface area contributed by atoms with Crippen molar-refractivity contribution >= 4 is 24.4 Å². The maximum Gasteiger partial charge on any atom is 0.244 e. The number of hydrogen-bond donors (Lipinski definition) is 3. The van der Waals surface area contributed by atoms with Gasteiger partial charge >= 0.3 is 0 Å². The van der Waals surface area contributed by atoms with Gasteiger partial charge in [0.25, 0.3) is 0 Å². The molecule has 0 aliphatic heterocycles. The molecule has 13 heavy (non-hydrogen) atoms. The van der Waals surface area contributed by atoms with E-state index in [2.05, 4.69) is 23.3 Å². The molecule has 0 bridgehead atoms. The summed E-state index contributed by atoms with van der Waals surface area (Å²) in [6.45, 7) is 2.87. The lowest BCUT2D eigenvalue weighted by atomic mass is 10.4. The van der Waals surface area contributed by atoms with Crippen molar-refractivity contribution in [1.82, 2.24) is 10.6 Å². The zero-order chi connectivity index (χ0) is 10.1. The van der Waals surface area contributed by atoms with E-state index in [-0.39, 0.29) is 11.8 Å². The fourth-order valence-corrected chi connectivity index (χ4v) is 0.734. The lowest BCUT2D eigenvalue weighted by Crippen LogP contribution is -2.25. The van der Waals surface area contributed by atoms with E-state index >= 15 is 0 Å². The second-order valence-corrected chi connectivity index (χ2v) is 2.69. The monoisotopic (exact) mass is 202 g/mol. The van der Waals surface area contributed by atoms with Crippen molar-refractivity contribution in [2.24, 2.45) is 0 Å². The van der Waals surface area contributed by atoms with Gasteiger partial charge in [0.1, 0.15) is 0 Å². The quantitative estimate of drug-likeness (QED) is 0.424. The van der Waals surface area contributed by atoms with Crippen molar-refractivity contribution < 1.29 is 9.59 Å². The molecule has 0 fully saturated rings. The van der Waals surface area contributed by atoms with Gasteiger partial charge in [0.15, 0.2) is 0 Å². The minimum atomic E-state index is -0.277. The number of nitrogens with one attached hydrogen (secondary N) is 2. The molecule has 0 aromatic rings. The standard InChI is InChI=1S/C8H14N2O2S/c1-2-9-7(11)3-4-8(12)10-5-6-13/h3-4,13H,2,5-6H2,1H3,(H,9,11)(H,10,12)/b4-3+. The van der Waals surface area contributed by atoms with Gasteiger partial charge in [0.05, 0.1) is 0 Å². The summed E-state index contributed by atoms with van der Waals surface area (Å²) >= 11 is 3.92. The van der Waals surface area contributed by atoms with Gasteiger partial charge in [-0.2, -0.15) is 12.6 Å². The van der Waals surface area contributed by atoms with E-state index in [0.29, 0.717) is 18.8 Å². The fraction of sp³-hybridized carbons (Fsp3) is 0.500. The third kappa shape index (κ3) is 7.39. The zero-order valence-corrected chi connectivity index (χ0v) is 8.43. The molecule has 4 nitrogen and oxygen atoms in total. The van der Waals surface area contributed by atoms with E-state index in [4.69, 9.17) is 0 Å². The normalized spacial score (nSPS) is 10.0. The molecule has 0 aromatic heterocycles. The third-order valence-electron chi connectivity index (χ3n) is 1.15. The Morgan fingerprint density at radius 1 is 1.23 bits per heavy atom. The van der Waals surface area contributed by atoms with Crippen LogP contribution in [0.3, 0.4) is 0 Å². The van der Waals surface area contributed by atoms with Crippen LogP contribution in [0.1, 0.15) is 6.92 Å². The average Bonchev–Trinajstić information content (AvgIpc) is 2.12. The van der Waals surface area contributed by atoms with E-state index in [0.717, 1.165) is 0 Å². The maximum absolute atomic E-state index is 10.9. The smallest absolute Gasteiger partial charge is 0.244 e. The summed E-state index contributed by atoms with van der Waals surface area (Å²) in [5, 5.41) is 5.08. The first-order chi connectivity index (χ1) is 6.20. The van der Waals surface area contributed by atoms with Crippen molar-refractivity contribution in [3.05, 3.63) is 12.2 Å². The van der Waals surface area contributed by atoms with Crippen LogP contribution in [0.15, 0.2) is 12.2 Å². The topological polar surface area (TPSA) is 58.2 Å². The Bertz CT molecular complexity index is 204. The lowest BCUT2D eigenvalue weighted by Gasteiger charge is -1.97. The summed E-state index contributed by atoms with van der Waals surface area (Å²) in [5.74, 6) is 0.0459. The molecule has 2 amide bonds. The summed E-state index contributed by atoms with van der Waals surface area (Å²) in [4.78, 5) is 21.7. The molecule has 0 atom stereocenters. The van der Waals surface area contributed by atoms with E-state index < -0.39 is 0 Å². The largest absolute Gasteiger partial charge is 0.353 e. The number of hydrogen-bond acceptors (Lipinski definition) is 3. The zero-order valence-electron chi connectivity index (χ0n) is 7.54. The van der Waals surface area contributed by atoms with Gasteiger partial charge in [-0.1, -0.05) is 0 Å². The number of thiol groups is 1. The fourth-order valence-electron chi connectivity index (χ4n) is 0.623. The first-order valence-corrected chi connectivity index (χ1v) is 4.68. The van der Waals surface area contributed by atoms with Gasteiger partial charge in [0.2, 0.25) is 11.8 Å². The van der Waals surface area contributed by atoms with Crippen molar-refractivity contribution in [3.63, 3.8) is 0 Å². The van der Waals surface area contributed by atoms with Crippen LogP contribution >= 0.6 is 12.6 Å². The Hall–Kier alpha value is -0.970. The van der Waals surface area contributed by atoms with Crippen LogP contribution in [0.5, 0.6) is 0 Å². The Morgan fingerprint density at radius 2 is 1.77 bits per heavy atom. The maximum atomic E-state index is 10.9. The molecule has 0 aromatic carbocycles. The number of rotatable bonds is 5. The Morgan fingerprint density at radius 3 is 2.23 bits per heavy atom. The summed E-state index contributed by atoms with van der Waals surface area (Å²) in [5.41, 5.74) is 0. The first kappa shape index (κ1) is 12.0. The van der Waals surface area contributed by atoms with Gasteiger partial charge in [0, 0.05) is 31.0 Å². The van der Waals surface area contributed by atoms with Gasteiger partial charge < -0.3 is 10.6 Å². The van der Waals surface area contributed by atoms with Gasteiger partial charge in [-0.05, 0) is 6.92 Å². The van der Waals surface area contributed by atoms with Crippen molar-refractivity contribution in [3.8, 4) is 0 Å². The lowest BCUT2D eigenvalue weighted by molar-refractivity contribution is -0.118. The third-order valence-corrected chi connectivity index (χ3v) is 1.37. The number of carbonyl (C=O) groups excluding carboxylic acids is 2. The number of likely N-dealkylation sites (N-methyl/N-ethyl adjacent to an activating group) is 1. The highest BCUT2D eigenvalue weighted by molar-refractivity contribution is 7.80. The second kappa shape index (κ2) is 7.67. The molecule has 2 N–H and O–H groups in total. The molecule has 5 heteroatoms. The van der Waals surface area contributed by atoms with E-state index in [9.17, 15) is 9.59 Å². The molecular weight excluding hydrogens is 188 g/mol. The van der Waals surface area contributed by atoms with Crippen LogP contribution in [-0.2, 0) is 9.59 Å². The summed E-state index contributed by atoms with van der Waals surface area (Å²) in [6.07, 6.45) is 2.41. The molecule has 0 rings (SSSR count). The van der Waals surface area contributed by atoms with Gasteiger partial charge in [-0.25, -0.2) is 0 Å². The van der Waals surface area contributed by atoms with E-state index in [1.54, 1.807) is 0 Å². The molecule has 0 saturated carbocycles. The van der Waals surface area contributed by atoms with Crippen molar-refractivity contribution in [2.45, 2.75) is 6.92 Å². The van der Waals surface area contributed by atoms with Crippen molar-refractivity contribution in [1.29, 1.82) is 0 Å². The molecule has 0 saturated heterocycles. The van der Waals surface area contributed by atoms with Crippen LogP contribution in [0.4, 0.5) is 0 Å². The van der Waals surface area contributed by atoms with E-state index in [1.165, 1.54) is 12.2 Å². The average molecular weight is 202 g/mol. The molecule has 0 aliphatic rings. The molecular formula is C8H14N2O2S. The minimum absolute atomic E-state index is 0.261. The van der Waals surface area contributed by atoms with Crippen LogP contribution in [0, 0.1) is 0 Å². The molecule has 0 spiro atoms. The van der Waals surface area contributed by atoms with Gasteiger partial charge in [-0.3, -0.25) is 9.59 Å². The Labute approximate surface area is 83.2 Å².